The van der Waals surface area contributed by atoms with Crippen molar-refractivity contribution in [3.05, 3.63) is 132 Å². The number of nitrogens with one attached hydrogen (secondary N) is 5. The smallest absolute Gasteiger partial charge is 0.418 e. The largest absolute Gasteiger partial charge is 0.444 e. The number of rotatable bonds is 26. The number of hydrazine groups is 1. The van der Waals surface area contributed by atoms with Crippen LogP contribution in [0.4, 0.5) is 9.59 Å². The van der Waals surface area contributed by atoms with Crippen LogP contribution in [0.1, 0.15) is 83.9 Å². The molecular weight excluding hydrogens is 1010 g/mol. The molecule has 0 saturated heterocycles. The highest BCUT2D eigenvalue weighted by Crippen LogP contribution is 2.30. The van der Waals surface area contributed by atoms with E-state index >= 15 is 0 Å². The van der Waals surface area contributed by atoms with Crippen LogP contribution in [0.25, 0.3) is 11.1 Å². The number of hydrogen-bond acceptors (Lipinski definition) is 14. The maximum absolute atomic E-state index is 14.9. The Hall–Kier alpha value is -7.82. The highest BCUT2D eigenvalue weighted by Gasteiger charge is 2.42. The number of alkyl carbamates (subject to hydrolysis) is 1. The monoisotopic (exact) mass is 1080 g/mol. The van der Waals surface area contributed by atoms with Crippen LogP contribution in [0, 0.1) is 0 Å². The molecule has 4 aromatic rings. The Morgan fingerprint density at radius 1 is 0.636 bits per heavy atom. The number of ether oxygens (including phenoxy) is 2. The normalized spacial score (nSPS) is 13.2. The van der Waals surface area contributed by atoms with Crippen molar-refractivity contribution in [1.82, 2.24) is 35.9 Å². The van der Waals surface area contributed by atoms with Gasteiger partial charge >= 0.3 is 12.2 Å². The van der Waals surface area contributed by atoms with Gasteiger partial charge in [-0.2, -0.15) is 0 Å². The molecule has 77 heavy (non-hydrogen) atoms. The summed E-state index contributed by atoms with van der Waals surface area (Å²) >= 11 is 0.783. The van der Waals surface area contributed by atoms with E-state index in [0.29, 0.717) is 21.6 Å². The van der Waals surface area contributed by atoms with Crippen molar-refractivity contribution < 1.29 is 52.6 Å². The standard InChI is InChI=1S/C55H72N10O11S/c1-35(66)63-77-34-41(56)50(71)65(53(74)76-55(5,6)40-28-26-39(27-29-40)38-23-15-10-16-24-38)45(25-17-18-30-59-52(73)75-54(2,3)4)49(70)61-43(33-46(57)67)48(69)60-42(31-36-19-11-8-12-20-36)47(68)62-44(51(72)64(7)58)32-37-21-13-9-14-22-37/h8-16,19-24,26-29,41-45H,17-18,25,30-34,56,58H2,1-7H3,(H2,57,67)(H,59,73)(H,60,69)(H,61,70)(H,62,68)(H,63,66)/t41-,42-,43-,44-,45-/m0/s1. The summed E-state index contributed by atoms with van der Waals surface area (Å²) in [4.78, 5) is 124. The van der Waals surface area contributed by atoms with Crippen molar-refractivity contribution in [3.8, 4) is 11.1 Å². The number of primary amides is 1. The maximum atomic E-state index is 14.9. The number of hydrogen-bond donors (Lipinski definition) is 8. The van der Waals surface area contributed by atoms with Crippen LogP contribution in [-0.2, 0) is 61.5 Å². The third-order valence-corrected chi connectivity index (χ3v) is 12.6. The zero-order chi connectivity index (χ0) is 56.9. The molecule has 0 radical (unpaired) electrons. The lowest BCUT2D eigenvalue weighted by atomic mass is 9.95. The fourth-order valence-electron chi connectivity index (χ4n) is 7.80. The number of unbranched alkanes of at least 4 members (excludes halogenated alkanes) is 1. The Morgan fingerprint density at radius 3 is 1.68 bits per heavy atom. The fourth-order valence-corrected chi connectivity index (χ4v) is 8.41. The second kappa shape index (κ2) is 29.5. The molecule has 4 rings (SSSR count). The molecule has 0 aliphatic heterocycles. The molecular formula is C55H72N10O11S. The van der Waals surface area contributed by atoms with E-state index in [4.69, 9.17) is 26.8 Å². The molecule has 0 aliphatic rings. The summed E-state index contributed by atoms with van der Waals surface area (Å²) in [6.07, 6.45) is -3.02. The first-order valence-corrected chi connectivity index (χ1v) is 26.0. The lowest BCUT2D eigenvalue weighted by Crippen LogP contribution is -2.61. The number of carbonyl (C=O) groups excluding carboxylic acids is 9. The molecule has 0 bridgehead atoms. The summed E-state index contributed by atoms with van der Waals surface area (Å²) < 4.78 is 13.9. The topological polar surface area (TPSA) is 317 Å². The molecule has 9 amide bonds. The van der Waals surface area contributed by atoms with Gasteiger partial charge in [0.1, 0.15) is 35.4 Å². The Bertz CT molecular complexity index is 2640. The summed E-state index contributed by atoms with van der Waals surface area (Å²) in [7, 11) is 1.32. The minimum atomic E-state index is -1.82. The first-order valence-electron chi connectivity index (χ1n) is 25.0. The molecule has 0 heterocycles. The Morgan fingerprint density at radius 2 is 1.14 bits per heavy atom. The molecule has 5 atom stereocenters. The maximum Gasteiger partial charge on any atom is 0.418 e. The van der Waals surface area contributed by atoms with Crippen LogP contribution in [-0.4, -0.2) is 119 Å². The molecule has 0 aliphatic carbocycles. The van der Waals surface area contributed by atoms with Gasteiger partial charge in [-0.25, -0.2) is 20.3 Å². The van der Waals surface area contributed by atoms with Gasteiger partial charge in [-0.1, -0.05) is 115 Å². The summed E-state index contributed by atoms with van der Waals surface area (Å²) in [6, 6.07) is 26.3. The molecule has 414 valence electrons. The van der Waals surface area contributed by atoms with Crippen LogP contribution in [0.5, 0.6) is 0 Å². The second-order valence-corrected chi connectivity index (χ2v) is 20.6. The molecule has 0 fully saturated rings. The molecule has 22 heteroatoms. The van der Waals surface area contributed by atoms with Crippen molar-refractivity contribution in [2.75, 3.05) is 19.3 Å². The predicted octanol–water partition coefficient (Wildman–Crippen LogP) is 3.88. The van der Waals surface area contributed by atoms with Gasteiger partial charge in [0.15, 0.2) is 0 Å². The highest BCUT2D eigenvalue weighted by atomic mass is 32.2. The number of imide groups is 1. The average molecular weight is 1080 g/mol. The van der Waals surface area contributed by atoms with E-state index in [9.17, 15) is 43.2 Å². The number of nitrogens with zero attached hydrogens (tertiary/aromatic N) is 2. The zero-order valence-corrected chi connectivity index (χ0v) is 45.4. The quantitative estimate of drug-likeness (QED) is 0.0146. The van der Waals surface area contributed by atoms with Crippen molar-refractivity contribution >= 4 is 65.5 Å². The Labute approximate surface area is 453 Å². The van der Waals surface area contributed by atoms with Gasteiger partial charge < -0.3 is 46.9 Å². The van der Waals surface area contributed by atoms with Crippen LogP contribution < -0.4 is 43.3 Å². The molecule has 4 aromatic carbocycles. The van der Waals surface area contributed by atoms with E-state index in [1.807, 2.05) is 42.5 Å². The number of benzene rings is 4. The van der Waals surface area contributed by atoms with Gasteiger partial charge in [0, 0.05) is 39.1 Å². The van der Waals surface area contributed by atoms with Gasteiger partial charge in [0.25, 0.3) is 5.91 Å². The van der Waals surface area contributed by atoms with E-state index in [1.54, 1.807) is 107 Å². The SMILES string of the molecule is CC(=O)NSC[C@H](N)C(=O)N(C(=O)OC(C)(C)c1ccc(-c2ccccc2)cc1)[C@@H](CCCCNC(=O)OC(C)(C)C)C(=O)N[C@@H](CC(N)=O)C(=O)N[C@@H](Cc1ccccc1)C(=O)N[C@@H](Cc1ccccc1)C(=O)N(C)N. The summed E-state index contributed by atoms with van der Waals surface area (Å²) in [6.45, 7) is 9.53. The molecule has 0 unspecified atom stereocenters. The Kier molecular flexibility index (Phi) is 23.6. The van der Waals surface area contributed by atoms with E-state index in [1.165, 1.54) is 14.0 Å². The zero-order valence-electron chi connectivity index (χ0n) is 44.5. The molecule has 0 aromatic heterocycles. The van der Waals surface area contributed by atoms with Crippen LogP contribution in [0.3, 0.4) is 0 Å². The summed E-state index contributed by atoms with van der Waals surface area (Å²) in [5.41, 5.74) is 13.4. The molecule has 0 saturated carbocycles. The number of carbonyl (C=O) groups is 9. The van der Waals surface area contributed by atoms with E-state index < -0.39 is 101 Å². The van der Waals surface area contributed by atoms with Gasteiger partial charge in [0.05, 0.1) is 12.5 Å². The van der Waals surface area contributed by atoms with Crippen molar-refractivity contribution in [2.45, 2.75) is 121 Å². The van der Waals surface area contributed by atoms with Crippen LogP contribution in [0.2, 0.25) is 0 Å². The number of amides is 9. The minimum Gasteiger partial charge on any atom is -0.444 e. The molecule has 21 nitrogen and oxygen atoms in total. The third-order valence-electron chi connectivity index (χ3n) is 11.6. The van der Waals surface area contributed by atoms with Gasteiger partial charge in [-0.05, 0) is 93.6 Å². The number of likely N-dealkylation sites (N-methyl/N-ethyl adjacent to an activating group) is 1. The summed E-state index contributed by atoms with van der Waals surface area (Å²) in [5.74, 6) is -0.688. The lowest BCUT2D eigenvalue weighted by molar-refractivity contribution is -0.142. The van der Waals surface area contributed by atoms with E-state index in [-0.39, 0.29) is 44.4 Å². The van der Waals surface area contributed by atoms with Crippen molar-refractivity contribution in [3.63, 3.8) is 0 Å². The molecule has 11 N–H and O–H groups in total. The van der Waals surface area contributed by atoms with Crippen molar-refractivity contribution in [2.24, 2.45) is 17.3 Å². The van der Waals surface area contributed by atoms with Gasteiger partial charge in [0.2, 0.25) is 35.4 Å². The Balaban J connectivity index is 1.74. The first-order chi connectivity index (χ1) is 36.3. The van der Waals surface area contributed by atoms with Gasteiger partial charge in [-0.15, -0.1) is 0 Å². The minimum absolute atomic E-state index is 0.0305. The highest BCUT2D eigenvalue weighted by molar-refractivity contribution is 7.98. The third kappa shape index (κ3) is 20.7. The van der Waals surface area contributed by atoms with Crippen molar-refractivity contribution in [1.29, 1.82) is 0 Å². The van der Waals surface area contributed by atoms with E-state index in [2.05, 4.69) is 26.0 Å². The van der Waals surface area contributed by atoms with Crippen LogP contribution in [0.15, 0.2) is 115 Å². The first kappa shape index (κ1) is 61.7. The lowest BCUT2D eigenvalue weighted by Gasteiger charge is -2.35. The summed E-state index contributed by atoms with van der Waals surface area (Å²) in [5, 5.41) is 11.3. The predicted molar refractivity (Wildman–Crippen MR) is 291 cm³/mol. The fraction of sp³-hybridized carbons (Fsp3) is 0.400. The van der Waals surface area contributed by atoms with Crippen LogP contribution >= 0.6 is 11.9 Å². The second-order valence-electron chi connectivity index (χ2n) is 19.7. The van der Waals surface area contributed by atoms with E-state index in [0.717, 1.165) is 28.1 Å². The number of nitrogens with two attached hydrogens (primary N) is 3. The van der Waals surface area contributed by atoms with Gasteiger partial charge in [-0.3, -0.25) is 38.6 Å². The molecule has 0 spiro atoms. The average Bonchev–Trinajstić information content (AvgIpc) is 3.37.